The van der Waals surface area contributed by atoms with Gasteiger partial charge >= 0.3 is 0 Å². The van der Waals surface area contributed by atoms with Crippen LogP contribution in [-0.4, -0.2) is 0 Å². The van der Waals surface area contributed by atoms with E-state index in [1.165, 1.54) is 6.07 Å². The average molecular weight is 153 g/mol. The number of aryl methyl sites for hydroxylation is 1. The van der Waals surface area contributed by atoms with Crippen LogP contribution < -0.4 is 5.73 Å². The molecule has 0 radical (unpaired) electrons. The predicted molar refractivity (Wildman–Crippen MR) is 44.9 cm³/mol. The zero-order valence-corrected chi connectivity index (χ0v) is 6.82. The van der Waals surface area contributed by atoms with E-state index >= 15 is 0 Å². The highest BCUT2D eigenvalue weighted by molar-refractivity contribution is 5.45. The zero-order chi connectivity index (χ0) is 8.43. The third-order valence-corrected chi connectivity index (χ3v) is 1.79. The third kappa shape index (κ3) is 1.50. The highest BCUT2D eigenvalue weighted by atomic mass is 19.1. The molecule has 2 N–H and O–H groups in total. The number of halogens is 1. The molecule has 1 aromatic carbocycles. The number of nitrogens with two attached hydrogens (primary N) is 1. The lowest BCUT2D eigenvalue weighted by Crippen LogP contribution is -1.95. The molecule has 1 aromatic rings. The van der Waals surface area contributed by atoms with Gasteiger partial charge < -0.3 is 5.73 Å². The van der Waals surface area contributed by atoms with E-state index in [0.29, 0.717) is 5.69 Å². The van der Waals surface area contributed by atoms with E-state index in [4.69, 9.17) is 5.73 Å². The Kier molecular flexibility index (Phi) is 2.13. The summed E-state index contributed by atoms with van der Waals surface area (Å²) in [7, 11) is 0. The fourth-order valence-corrected chi connectivity index (χ4v) is 1.25. The molecule has 1 nitrogen and oxygen atoms in total. The normalized spacial score (nSPS) is 10.1. The second-order valence-electron chi connectivity index (χ2n) is 2.65. The number of anilines is 1. The number of rotatable bonds is 1. The molecule has 0 atom stereocenters. The molecule has 0 saturated carbocycles. The van der Waals surface area contributed by atoms with Crippen LogP contribution in [0.3, 0.4) is 0 Å². The summed E-state index contributed by atoms with van der Waals surface area (Å²) in [5.41, 5.74) is 7.64. The quantitative estimate of drug-likeness (QED) is 0.615. The van der Waals surface area contributed by atoms with Crippen LogP contribution in [0.15, 0.2) is 12.1 Å². The monoisotopic (exact) mass is 153 g/mol. The number of hydrogen-bond acceptors (Lipinski definition) is 1. The molecule has 0 bridgehead atoms. The van der Waals surface area contributed by atoms with Crippen molar-refractivity contribution in [2.24, 2.45) is 0 Å². The number of hydrogen-bond donors (Lipinski definition) is 1. The minimum Gasteiger partial charge on any atom is -0.399 e. The maximum Gasteiger partial charge on any atom is 0.128 e. The molecule has 60 valence electrons. The molecule has 0 aliphatic rings. The lowest BCUT2D eigenvalue weighted by atomic mass is 10.1. The van der Waals surface area contributed by atoms with E-state index in [1.807, 2.05) is 13.8 Å². The van der Waals surface area contributed by atoms with E-state index in [2.05, 4.69) is 0 Å². The van der Waals surface area contributed by atoms with Gasteiger partial charge in [-0.1, -0.05) is 6.92 Å². The molecule has 0 aromatic heterocycles. The van der Waals surface area contributed by atoms with Crippen molar-refractivity contribution < 1.29 is 4.39 Å². The van der Waals surface area contributed by atoms with Crippen molar-refractivity contribution >= 4 is 5.69 Å². The molecule has 0 amide bonds. The first-order chi connectivity index (χ1) is 5.15. The van der Waals surface area contributed by atoms with Gasteiger partial charge in [0, 0.05) is 5.69 Å². The smallest absolute Gasteiger partial charge is 0.128 e. The van der Waals surface area contributed by atoms with Crippen molar-refractivity contribution in [1.29, 1.82) is 0 Å². The van der Waals surface area contributed by atoms with Crippen LogP contribution in [-0.2, 0) is 6.42 Å². The standard InChI is InChI=1S/C9H12FN/c1-3-8-6(2)4-7(11)5-9(8)10/h4-5H,3,11H2,1-2H3. The highest BCUT2D eigenvalue weighted by Crippen LogP contribution is 2.17. The molecule has 0 heterocycles. The number of nitrogen functional groups attached to an aromatic ring is 1. The van der Waals surface area contributed by atoms with E-state index < -0.39 is 0 Å². The van der Waals surface area contributed by atoms with Crippen molar-refractivity contribution in [3.05, 3.63) is 29.1 Å². The number of benzene rings is 1. The largest absolute Gasteiger partial charge is 0.399 e. The molecule has 1 rings (SSSR count). The molecule has 0 spiro atoms. The molecule has 0 saturated heterocycles. The fraction of sp³-hybridized carbons (Fsp3) is 0.333. The van der Waals surface area contributed by atoms with Crippen LogP contribution in [0.2, 0.25) is 0 Å². The molecule has 0 unspecified atom stereocenters. The van der Waals surface area contributed by atoms with Crippen LogP contribution >= 0.6 is 0 Å². The summed E-state index contributed by atoms with van der Waals surface area (Å²) >= 11 is 0. The Morgan fingerprint density at radius 1 is 1.45 bits per heavy atom. The maximum atomic E-state index is 13.0. The predicted octanol–water partition coefficient (Wildman–Crippen LogP) is 2.28. The van der Waals surface area contributed by atoms with E-state index in [-0.39, 0.29) is 5.82 Å². The second kappa shape index (κ2) is 2.91. The van der Waals surface area contributed by atoms with E-state index in [1.54, 1.807) is 6.07 Å². The fourth-order valence-electron chi connectivity index (χ4n) is 1.25. The SMILES string of the molecule is CCc1c(C)cc(N)cc1F. The minimum atomic E-state index is -0.190. The molecular weight excluding hydrogens is 141 g/mol. The van der Waals surface area contributed by atoms with Crippen molar-refractivity contribution in [3.8, 4) is 0 Å². The van der Waals surface area contributed by atoms with Gasteiger partial charge in [-0.15, -0.1) is 0 Å². The summed E-state index contributed by atoms with van der Waals surface area (Å²) in [5, 5.41) is 0. The van der Waals surface area contributed by atoms with E-state index in [0.717, 1.165) is 17.5 Å². The third-order valence-electron chi connectivity index (χ3n) is 1.79. The first-order valence-corrected chi connectivity index (χ1v) is 3.69. The van der Waals surface area contributed by atoms with Gasteiger partial charge in [-0.3, -0.25) is 0 Å². The molecule has 0 fully saturated rings. The van der Waals surface area contributed by atoms with E-state index in [9.17, 15) is 4.39 Å². The van der Waals surface area contributed by atoms with Crippen LogP contribution in [0, 0.1) is 12.7 Å². The summed E-state index contributed by atoms with van der Waals surface area (Å²) in [5.74, 6) is -0.190. The van der Waals surface area contributed by atoms with Gasteiger partial charge in [0.2, 0.25) is 0 Å². The zero-order valence-electron chi connectivity index (χ0n) is 6.82. The van der Waals surface area contributed by atoms with Crippen molar-refractivity contribution in [3.63, 3.8) is 0 Å². The first-order valence-electron chi connectivity index (χ1n) is 3.69. The minimum absolute atomic E-state index is 0.190. The van der Waals surface area contributed by atoms with Gasteiger partial charge in [0.25, 0.3) is 0 Å². The Balaban J connectivity index is 3.25. The summed E-state index contributed by atoms with van der Waals surface area (Å²) in [6.45, 7) is 3.81. The summed E-state index contributed by atoms with van der Waals surface area (Å²) < 4.78 is 13.0. The summed E-state index contributed by atoms with van der Waals surface area (Å²) in [6.07, 6.45) is 0.720. The van der Waals surface area contributed by atoms with Crippen molar-refractivity contribution in [2.75, 3.05) is 5.73 Å². The molecule has 2 heteroatoms. The Morgan fingerprint density at radius 3 is 2.55 bits per heavy atom. The summed E-state index contributed by atoms with van der Waals surface area (Å²) in [4.78, 5) is 0. The molecule has 0 aliphatic carbocycles. The van der Waals surface area contributed by atoms with Crippen LogP contribution in [0.5, 0.6) is 0 Å². The van der Waals surface area contributed by atoms with Crippen molar-refractivity contribution in [1.82, 2.24) is 0 Å². The summed E-state index contributed by atoms with van der Waals surface area (Å²) in [6, 6.07) is 3.16. The lowest BCUT2D eigenvalue weighted by Gasteiger charge is -2.04. The second-order valence-corrected chi connectivity index (χ2v) is 2.65. The van der Waals surface area contributed by atoms with Gasteiger partial charge in [0.1, 0.15) is 5.82 Å². The molecule has 0 aliphatic heterocycles. The Morgan fingerprint density at radius 2 is 2.09 bits per heavy atom. The Labute approximate surface area is 66.0 Å². The lowest BCUT2D eigenvalue weighted by molar-refractivity contribution is 0.611. The van der Waals surface area contributed by atoms with Gasteiger partial charge in [-0.05, 0) is 36.6 Å². The van der Waals surface area contributed by atoms with Crippen LogP contribution in [0.1, 0.15) is 18.1 Å². The molecule has 11 heavy (non-hydrogen) atoms. The van der Waals surface area contributed by atoms with Gasteiger partial charge in [-0.25, -0.2) is 4.39 Å². The van der Waals surface area contributed by atoms with Crippen LogP contribution in [0.25, 0.3) is 0 Å². The van der Waals surface area contributed by atoms with Crippen LogP contribution in [0.4, 0.5) is 10.1 Å². The van der Waals surface area contributed by atoms with Gasteiger partial charge in [0.15, 0.2) is 0 Å². The van der Waals surface area contributed by atoms with Gasteiger partial charge in [-0.2, -0.15) is 0 Å². The van der Waals surface area contributed by atoms with Gasteiger partial charge in [0.05, 0.1) is 0 Å². The highest BCUT2D eigenvalue weighted by Gasteiger charge is 2.03. The Hall–Kier alpha value is -1.05. The van der Waals surface area contributed by atoms with Crippen molar-refractivity contribution in [2.45, 2.75) is 20.3 Å². The topological polar surface area (TPSA) is 26.0 Å². The first kappa shape index (κ1) is 8.05. The Bertz CT molecular complexity index is 245. The average Bonchev–Trinajstić information content (AvgIpc) is 1.85. The molecular formula is C9H12FN. The maximum absolute atomic E-state index is 13.0.